The van der Waals surface area contributed by atoms with E-state index in [1.54, 1.807) is 17.0 Å². The zero-order valence-electron chi connectivity index (χ0n) is 17.4. The summed E-state index contributed by atoms with van der Waals surface area (Å²) < 4.78 is 24.0. The summed E-state index contributed by atoms with van der Waals surface area (Å²) in [4.78, 5) is 20.0. The van der Waals surface area contributed by atoms with Gasteiger partial charge in [0.2, 0.25) is 15.9 Å². The maximum atomic E-state index is 13.4. The van der Waals surface area contributed by atoms with Crippen LogP contribution in [0.3, 0.4) is 0 Å². The molecule has 164 valence electrons. The molecule has 4 rings (SSSR count). The van der Waals surface area contributed by atoms with Crippen LogP contribution in [0, 0.1) is 12.8 Å². The predicted molar refractivity (Wildman–Crippen MR) is 124 cm³/mol. The zero-order valence-corrected chi connectivity index (χ0v) is 19.0. The van der Waals surface area contributed by atoms with Gasteiger partial charge in [0.15, 0.2) is 5.13 Å². The van der Waals surface area contributed by atoms with Gasteiger partial charge in [-0.2, -0.15) is 0 Å². The Bertz CT molecular complexity index is 1180. The molecule has 31 heavy (non-hydrogen) atoms. The van der Waals surface area contributed by atoms with Gasteiger partial charge in [0.25, 0.3) is 0 Å². The van der Waals surface area contributed by atoms with Crippen molar-refractivity contribution in [3.63, 3.8) is 0 Å². The summed E-state index contributed by atoms with van der Waals surface area (Å²) in [5, 5.41) is 9.20. The van der Waals surface area contributed by atoms with Gasteiger partial charge >= 0.3 is 0 Å². The molecule has 1 unspecified atom stereocenters. The lowest BCUT2D eigenvalue weighted by atomic mass is 9.98. The molecular weight excluding hydrogens is 432 g/mol. The monoisotopic (exact) mass is 458 g/mol. The van der Waals surface area contributed by atoms with Crippen LogP contribution in [-0.4, -0.2) is 38.9 Å². The molecule has 1 aromatic heterocycles. The highest BCUT2D eigenvalue weighted by molar-refractivity contribution is 7.89. The van der Waals surface area contributed by atoms with Crippen molar-refractivity contribution in [3.05, 3.63) is 53.6 Å². The molecule has 2 aromatic carbocycles. The number of carbonyl (C=O) groups excluding carboxylic acids is 1. The number of thiazole rings is 1. The summed E-state index contributed by atoms with van der Waals surface area (Å²) >= 11 is 1.53. The number of piperidine rings is 1. The number of nitrogens with two attached hydrogens (primary N) is 1. The number of benzene rings is 2. The fourth-order valence-corrected chi connectivity index (χ4v) is 5.42. The summed E-state index contributed by atoms with van der Waals surface area (Å²) in [5.41, 5.74) is 2.98. The van der Waals surface area contributed by atoms with Gasteiger partial charge in [0.05, 0.1) is 21.0 Å². The van der Waals surface area contributed by atoms with Gasteiger partial charge in [-0.05, 0) is 68.1 Å². The number of sulfonamides is 1. The molecular formula is C22H26N4O3S2. The minimum absolute atomic E-state index is 0.0627. The topological polar surface area (TPSA) is 105 Å². The van der Waals surface area contributed by atoms with E-state index in [1.807, 2.05) is 19.1 Å². The molecule has 1 amide bonds. The Balaban J connectivity index is 1.59. The molecule has 3 N–H and O–H groups in total. The van der Waals surface area contributed by atoms with Gasteiger partial charge < -0.3 is 5.32 Å². The average molecular weight is 459 g/mol. The van der Waals surface area contributed by atoms with Crippen molar-refractivity contribution in [1.82, 2.24) is 10.3 Å². The number of hydrogen-bond acceptors (Lipinski definition) is 6. The Hall–Kier alpha value is -2.33. The van der Waals surface area contributed by atoms with Crippen LogP contribution in [0.1, 0.15) is 24.0 Å². The molecule has 9 heteroatoms. The lowest BCUT2D eigenvalue weighted by molar-refractivity contribution is -0.122. The molecule has 0 saturated carbocycles. The summed E-state index contributed by atoms with van der Waals surface area (Å²) in [6.45, 7) is 4.15. The zero-order chi connectivity index (χ0) is 22.0. The van der Waals surface area contributed by atoms with Gasteiger partial charge in [0, 0.05) is 13.1 Å². The maximum absolute atomic E-state index is 13.4. The first-order valence-electron chi connectivity index (χ1n) is 10.3. The lowest BCUT2D eigenvalue weighted by Crippen LogP contribution is -2.44. The minimum atomic E-state index is -3.72. The third-order valence-electron chi connectivity index (χ3n) is 5.55. The maximum Gasteiger partial charge on any atom is 0.238 e. The number of nitrogens with one attached hydrogen (secondary N) is 1. The molecule has 0 bridgehead atoms. The summed E-state index contributed by atoms with van der Waals surface area (Å²) in [6.07, 6.45) is 2.44. The number of fused-ring (bicyclic) bond motifs is 1. The number of aryl methyl sites for hydroxylation is 1. The molecule has 1 saturated heterocycles. The number of rotatable bonds is 6. The van der Waals surface area contributed by atoms with Gasteiger partial charge in [-0.25, -0.2) is 18.5 Å². The highest BCUT2D eigenvalue weighted by Crippen LogP contribution is 2.31. The van der Waals surface area contributed by atoms with E-state index < -0.39 is 10.0 Å². The second-order valence-electron chi connectivity index (χ2n) is 7.94. The molecule has 1 fully saturated rings. The molecule has 3 aromatic rings. The number of hydrogen-bond donors (Lipinski definition) is 2. The van der Waals surface area contributed by atoms with Crippen LogP contribution in [0.15, 0.2) is 47.4 Å². The van der Waals surface area contributed by atoms with E-state index in [4.69, 9.17) is 10.1 Å². The third kappa shape index (κ3) is 5.12. The van der Waals surface area contributed by atoms with Crippen molar-refractivity contribution in [3.8, 4) is 0 Å². The standard InChI is InChI=1S/C22H26N4O3S2/c1-15-4-9-19-20(13-15)30-22(25-19)26(21(27)17-3-2-11-24-14-17)12-10-16-5-7-18(8-6-16)31(23,28)29/h4-9,13,17,24H,2-3,10-12,14H2,1H3,(H2,23,28,29). The molecule has 7 nitrogen and oxygen atoms in total. The normalized spacial score (nSPS) is 17.0. The summed E-state index contributed by atoms with van der Waals surface area (Å²) in [6, 6.07) is 12.6. The molecule has 0 spiro atoms. The highest BCUT2D eigenvalue weighted by atomic mass is 32.2. The molecule has 1 aliphatic rings. The van der Waals surface area contributed by atoms with Crippen LogP contribution in [0.25, 0.3) is 10.2 Å². The van der Waals surface area contributed by atoms with Crippen molar-refractivity contribution < 1.29 is 13.2 Å². The van der Waals surface area contributed by atoms with E-state index in [2.05, 4.69) is 11.4 Å². The molecule has 1 aliphatic heterocycles. The SMILES string of the molecule is Cc1ccc2nc(N(CCc3ccc(S(N)(=O)=O)cc3)C(=O)C3CCCNC3)sc2c1. The fraction of sp³-hybridized carbons (Fsp3) is 0.364. The third-order valence-corrected chi connectivity index (χ3v) is 7.52. The fourth-order valence-electron chi connectivity index (χ4n) is 3.80. The highest BCUT2D eigenvalue weighted by Gasteiger charge is 2.28. The van der Waals surface area contributed by atoms with Gasteiger partial charge in [0.1, 0.15) is 0 Å². The average Bonchev–Trinajstić information content (AvgIpc) is 3.17. The van der Waals surface area contributed by atoms with E-state index in [9.17, 15) is 13.2 Å². The van der Waals surface area contributed by atoms with Gasteiger partial charge in [-0.3, -0.25) is 9.69 Å². The smallest absolute Gasteiger partial charge is 0.238 e. The van der Waals surface area contributed by atoms with Crippen LogP contribution < -0.4 is 15.4 Å². The van der Waals surface area contributed by atoms with E-state index in [0.717, 1.165) is 40.7 Å². The van der Waals surface area contributed by atoms with Crippen LogP contribution >= 0.6 is 11.3 Å². The number of amides is 1. The Morgan fingerprint density at radius 3 is 2.71 bits per heavy atom. The quantitative estimate of drug-likeness (QED) is 0.591. The van der Waals surface area contributed by atoms with Crippen molar-refractivity contribution in [2.75, 3.05) is 24.5 Å². The first-order chi connectivity index (χ1) is 14.8. The number of aromatic nitrogens is 1. The predicted octanol–water partition coefficient (Wildman–Crippen LogP) is 2.83. The Morgan fingerprint density at radius 2 is 2.03 bits per heavy atom. The number of nitrogens with zero attached hydrogens (tertiary/aromatic N) is 2. The second-order valence-corrected chi connectivity index (χ2v) is 10.5. The largest absolute Gasteiger partial charge is 0.316 e. The summed E-state index contributed by atoms with van der Waals surface area (Å²) in [5.74, 6) is 0.0244. The van der Waals surface area contributed by atoms with Crippen LogP contribution in [0.2, 0.25) is 0 Å². The number of anilines is 1. The first kappa shape index (κ1) is 21.9. The second kappa shape index (κ2) is 9.04. The summed E-state index contributed by atoms with van der Waals surface area (Å²) in [7, 11) is -3.72. The van der Waals surface area contributed by atoms with Crippen molar-refractivity contribution in [1.29, 1.82) is 0 Å². The van der Waals surface area contributed by atoms with E-state index in [-0.39, 0.29) is 16.7 Å². The van der Waals surface area contributed by atoms with Crippen molar-refractivity contribution >= 4 is 42.6 Å². The van der Waals surface area contributed by atoms with Crippen molar-refractivity contribution in [2.45, 2.75) is 31.1 Å². The molecule has 0 radical (unpaired) electrons. The molecule has 0 aliphatic carbocycles. The lowest BCUT2D eigenvalue weighted by Gasteiger charge is -2.28. The van der Waals surface area contributed by atoms with E-state index in [0.29, 0.717) is 24.6 Å². The van der Waals surface area contributed by atoms with E-state index in [1.165, 1.54) is 23.5 Å². The van der Waals surface area contributed by atoms with Gasteiger partial charge in [-0.1, -0.05) is 29.5 Å². The molecule has 2 heterocycles. The molecule has 1 atom stereocenters. The Kier molecular flexibility index (Phi) is 6.38. The Labute approximate surface area is 186 Å². The van der Waals surface area contributed by atoms with Crippen LogP contribution in [0.4, 0.5) is 5.13 Å². The Morgan fingerprint density at radius 1 is 1.26 bits per heavy atom. The van der Waals surface area contributed by atoms with E-state index >= 15 is 0 Å². The van der Waals surface area contributed by atoms with Crippen LogP contribution in [0.5, 0.6) is 0 Å². The number of primary sulfonamides is 1. The van der Waals surface area contributed by atoms with Crippen molar-refractivity contribution in [2.24, 2.45) is 11.1 Å². The minimum Gasteiger partial charge on any atom is -0.316 e. The number of carbonyl (C=O) groups is 1. The van der Waals surface area contributed by atoms with Gasteiger partial charge in [-0.15, -0.1) is 0 Å². The first-order valence-corrected chi connectivity index (χ1v) is 12.7. The van der Waals surface area contributed by atoms with Crippen LogP contribution in [-0.2, 0) is 21.2 Å².